The molecule has 3 aromatic rings. The summed E-state index contributed by atoms with van der Waals surface area (Å²) in [4.78, 5) is 15.8. The number of hydrogen-bond acceptors (Lipinski definition) is 2. The maximum atomic E-state index is 11.3. The van der Waals surface area contributed by atoms with Crippen LogP contribution in [-0.4, -0.2) is 16.6 Å². The van der Waals surface area contributed by atoms with Crippen molar-refractivity contribution in [3.63, 3.8) is 0 Å². The molecule has 110 valence electrons. The van der Waals surface area contributed by atoms with Gasteiger partial charge in [0.05, 0.1) is 5.69 Å². The van der Waals surface area contributed by atoms with Crippen molar-refractivity contribution in [3.8, 4) is 0 Å². The molecule has 0 atom stereocenters. The Bertz CT molecular complexity index is 842. The van der Waals surface area contributed by atoms with Crippen LogP contribution in [0.2, 0.25) is 0 Å². The van der Waals surface area contributed by atoms with E-state index in [4.69, 9.17) is 0 Å². The average molecular weight is 290 g/mol. The number of fused-ring (bicyclic) bond motifs is 1. The number of carbonyl (C=O) groups excluding carboxylic acids is 1. The van der Waals surface area contributed by atoms with Crippen molar-refractivity contribution >= 4 is 28.6 Å². The second-order valence-corrected chi connectivity index (χ2v) is 5.25. The molecule has 0 bridgehead atoms. The van der Waals surface area contributed by atoms with Crippen molar-refractivity contribution in [2.24, 2.45) is 4.99 Å². The molecule has 0 saturated heterocycles. The molecule has 0 saturated carbocycles. The molecule has 22 heavy (non-hydrogen) atoms. The Labute approximate surface area is 129 Å². The second-order valence-electron chi connectivity index (χ2n) is 5.25. The van der Waals surface area contributed by atoms with E-state index in [-0.39, 0.29) is 5.78 Å². The number of aliphatic imine (C=N–C) groups is 1. The molecular weight excluding hydrogens is 272 g/mol. The zero-order chi connectivity index (χ0) is 15.5. The first-order valence-electron chi connectivity index (χ1n) is 7.42. The highest BCUT2D eigenvalue weighted by molar-refractivity contribution is 6.00. The standard InChI is InChI=1S/C19H18N2O/c1-3-21-13-16(18-6-4-5-7-19(18)21)12-20-17-10-8-15(9-11-17)14(2)22/h4-13H,3H2,1-2H3. The summed E-state index contributed by atoms with van der Waals surface area (Å²) in [6.07, 6.45) is 4.01. The first kappa shape index (κ1) is 14.3. The SMILES string of the molecule is CCn1cc(C=Nc2ccc(C(C)=O)cc2)c2ccccc21. The van der Waals surface area contributed by atoms with E-state index in [1.165, 1.54) is 10.9 Å². The summed E-state index contributed by atoms with van der Waals surface area (Å²) < 4.78 is 2.22. The largest absolute Gasteiger partial charge is 0.347 e. The number of rotatable bonds is 4. The Kier molecular flexibility index (Phi) is 3.88. The maximum Gasteiger partial charge on any atom is 0.159 e. The Morgan fingerprint density at radius 2 is 1.86 bits per heavy atom. The third-order valence-corrected chi connectivity index (χ3v) is 3.79. The first-order chi connectivity index (χ1) is 10.7. The average Bonchev–Trinajstić information content (AvgIpc) is 2.91. The Hall–Kier alpha value is -2.68. The highest BCUT2D eigenvalue weighted by Gasteiger charge is 2.05. The van der Waals surface area contributed by atoms with Crippen molar-refractivity contribution in [1.82, 2.24) is 4.57 Å². The van der Waals surface area contributed by atoms with Crippen molar-refractivity contribution < 1.29 is 4.79 Å². The molecule has 0 fully saturated rings. The van der Waals surface area contributed by atoms with Gasteiger partial charge in [0.2, 0.25) is 0 Å². The molecule has 0 N–H and O–H groups in total. The van der Waals surface area contributed by atoms with E-state index < -0.39 is 0 Å². The predicted octanol–water partition coefficient (Wildman–Crippen LogP) is 4.61. The normalized spacial score (nSPS) is 11.4. The van der Waals surface area contributed by atoms with Gasteiger partial charge in [0.25, 0.3) is 0 Å². The third kappa shape index (κ3) is 2.70. The third-order valence-electron chi connectivity index (χ3n) is 3.79. The van der Waals surface area contributed by atoms with E-state index in [9.17, 15) is 4.79 Å². The summed E-state index contributed by atoms with van der Waals surface area (Å²) in [5, 5.41) is 1.20. The maximum absolute atomic E-state index is 11.3. The van der Waals surface area contributed by atoms with E-state index in [2.05, 4.69) is 40.9 Å². The van der Waals surface area contributed by atoms with Gasteiger partial charge in [-0.15, -0.1) is 0 Å². The zero-order valence-corrected chi connectivity index (χ0v) is 12.8. The number of benzene rings is 2. The lowest BCUT2D eigenvalue weighted by Gasteiger charge is -1.97. The van der Waals surface area contributed by atoms with E-state index in [0.29, 0.717) is 5.56 Å². The number of aromatic nitrogens is 1. The molecule has 0 spiro atoms. The summed E-state index contributed by atoms with van der Waals surface area (Å²) in [6.45, 7) is 4.63. The van der Waals surface area contributed by atoms with Gasteiger partial charge in [-0.25, -0.2) is 0 Å². The van der Waals surface area contributed by atoms with Gasteiger partial charge in [-0.3, -0.25) is 9.79 Å². The van der Waals surface area contributed by atoms with Crippen LogP contribution in [0, 0.1) is 0 Å². The van der Waals surface area contributed by atoms with Crippen LogP contribution in [0.15, 0.2) is 59.7 Å². The van der Waals surface area contributed by atoms with Gasteiger partial charge in [-0.1, -0.05) is 18.2 Å². The minimum atomic E-state index is 0.0709. The van der Waals surface area contributed by atoms with Gasteiger partial charge >= 0.3 is 0 Å². The van der Waals surface area contributed by atoms with E-state index in [0.717, 1.165) is 17.8 Å². The lowest BCUT2D eigenvalue weighted by molar-refractivity contribution is 0.101. The first-order valence-corrected chi connectivity index (χ1v) is 7.42. The van der Waals surface area contributed by atoms with Crippen LogP contribution >= 0.6 is 0 Å². The van der Waals surface area contributed by atoms with Crippen LogP contribution in [0.1, 0.15) is 29.8 Å². The molecule has 0 amide bonds. The molecule has 0 radical (unpaired) electrons. The van der Waals surface area contributed by atoms with Crippen LogP contribution in [0.3, 0.4) is 0 Å². The highest BCUT2D eigenvalue weighted by atomic mass is 16.1. The minimum absolute atomic E-state index is 0.0709. The molecule has 3 nitrogen and oxygen atoms in total. The fourth-order valence-corrected chi connectivity index (χ4v) is 2.57. The molecule has 2 aromatic carbocycles. The summed E-state index contributed by atoms with van der Waals surface area (Å²) in [5.74, 6) is 0.0709. The zero-order valence-electron chi connectivity index (χ0n) is 12.8. The van der Waals surface area contributed by atoms with Crippen LogP contribution in [0.4, 0.5) is 5.69 Å². The summed E-state index contributed by atoms with van der Waals surface area (Å²) in [6, 6.07) is 15.7. The molecule has 1 heterocycles. The number of aryl methyl sites for hydroxylation is 1. The Morgan fingerprint density at radius 3 is 2.55 bits per heavy atom. The number of para-hydroxylation sites is 1. The smallest absolute Gasteiger partial charge is 0.159 e. The fourth-order valence-electron chi connectivity index (χ4n) is 2.57. The lowest BCUT2D eigenvalue weighted by atomic mass is 10.1. The molecule has 1 aromatic heterocycles. The van der Waals surface area contributed by atoms with Gasteiger partial charge in [-0.2, -0.15) is 0 Å². The lowest BCUT2D eigenvalue weighted by Crippen LogP contribution is -1.90. The van der Waals surface area contributed by atoms with Gasteiger partial charge in [0.15, 0.2) is 5.78 Å². The van der Waals surface area contributed by atoms with Gasteiger partial charge < -0.3 is 4.57 Å². The highest BCUT2D eigenvalue weighted by Crippen LogP contribution is 2.21. The van der Waals surface area contributed by atoms with Gasteiger partial charge in [0, 0.05) is 41.0 Å². The predicted molar refractivity (Wildman–Crippen MR) is 91.3 cm³/mol. The van der Waals surface area contributed by atoms with Gasteiger partial charge in [0.1, 0.15) is 0 Å². The fraction of sp³-hybridized carbons (Fsp3) is 0.158. The van der Waals surface area contributed by atoms with Crippen LogP contribution in [0.25, 0.3) is 10.9 Å². The van der Waals surface area contributed by atoms with Gasteiger partial charge in [-0.05, 0) is 44.2 Å². The topological polar surface area (TPSA) is 34.4 Å². The van der Waals surface area contributed by atoms with Crippen molar-refractivity contribution in [2.75, 3.05) is 0 Å². The molecule has 3 heteroatoms. The molecule has 0 aliphatic heterocycles. The number of Topliss-reactive ketones (excluding diaryl/α,β-unsaturated/α-hetero) is 1. The minimum Gasteiger partial charge on any atom is -0.347 e. The van der Waals surface area contributed by atoms with Crippen LogP contribution in [-0.2, 0) is 6.54 Å². The van der Waals surface area contributed by atoms with Crippen LogP contribution < -0.4 is 0 Å². The van der Waals surface area contributed by atoms with E-state index in [1.807, 2.05) is 36.5 Å². The van der Waals surface area contributed by atoms with Crippen molar-refractivity contribution in [3.05, 3.63) is 65.9 Å². The monoisotopic (exact) mass is 290 g/mol. The van der Waals surface area contributed by atoms with E-state index in [1.54, 1.807) is 6.92 Å². The number of nitrogens with zero attached hydrogens (tertiary/aromatic N) is 2. The Morgan fingerprint density at radius 1 is 1.14 bits per heavy atom. The Balaban J connectivity index is 1.94. The summed E-state index contributed by atoms with van der Waals surface area (Å²) in [5.41, 5.74) is 3.88. The molecule has 0 unspecified atom stereocenters. The molecule has 0 aliphatic rings. The number of carbonyl (C=O) groups is 1. The van der Waals surface area contributed by atoms with Crippen molar-refractivity contribution in [1.29, 1.82) is 0 Å². The van der Waals surface area contributed by atoms with Crippen molar-refractivity contribution in [2.45, 2.75) is 20.4 Å². The number of hydrogen-bond donors (Lipinski definition) is 0. The quantitative estimate of drug-likeness (QED) is 0.510. The second kappa shape index (κ2) is 5.98. The van der Waals surface area contributed by atoms with Crippen LogP contribution in [0.5, 0.6) is 0 Å². The molecule has 3 rings (SSSR count). The molecular formula is C19H18N2O. The number of ketones is 1. The summed E-state index contributed by atoms with van der Waals surface area (Å²) >= 11 is 0. The molecule has 0 aliphatic carbocycles. The summed E-state index contributed by atoms with van der Waals surface area (Å²) in [7, 11) is 0. The van der Waals surface area contributed by atoms with E-state index >= 15 is 0 Å².